The van der Waals surface area contributed by atoms with Gasteiger partial charge in [-0.25, -0.2) is 0 Å². The summed E-state index contributed by atoms with van der Waals surface area (Å²) in [5.74, 6) is 0.784. The number of aliphatic hydroxyl groups excluding tert-OH is 1. The summed E-state index contributed by atoms with van der Waals surface area (Å²) >= 11 is 0. The molecular formula is C37H54N2O2. The summed E-state index contributed by atoms with van der Waals surface area (Å²) in [6, 6.07) is 26.7. The van der Waals surface area contributed by atoms with Gasteiger partial charge in [-0.3, -0.25) is 0 Å². The van der Waals surface area contributed by atoms with E-state index in [1.807, 2.05) is 12.1 Å². The van der Waals surface area contributed by atoms with Gasteiger partial charge in [0.05, 0.1) is 6.61 Å². The summed E-state index contributed by atoms with van der Waals surface area (Å²) in [7, 11) is 0. The average molecular weight is 559 g/mol. The molecule has 0 aliphatic rings. The lowest BCUT2D eigenvalue weighted by Gasteiger charge is -2.26. The van der Waals surface area contributed by atoms with Gasteiger partial charge in [0.2, 0.25) is 0 Å². The van der Waals surface area contributed by atoms with E-state index < -0.39 is 0 Å². The van der Waals surface area contributed by atoms with Crippen molar-refractivity contribution in [3.63, 3.8) is 0 Å². The van der Waals surface area contributed by atoms with Gasteiger partial charge in [0.25, 0.3) is 0 Å². The number of unbranched alkanes of at least 4 members (excludes halogenated alkanes) is 4. The number of ether oxygens (including phenoxy) is 1. The van der Waals surface area contributed by atoms with Crippen molar-refractivity contribution in [3.8, 4) is 16.9 Å². The molecule has 0 saturated heterocycles. The highest BCUT2D eigenvalue weighted by molar-refractivity contribution is 5.64. The van der Waals surface area contributed by atoms with Crippen molar-refractivity contribution in [2.45, 2.75) is 91.1 Å². The molecule has 0 heterocycles. The Balaban J connectivity index is 1.65. The molecule has 3 aromatic rings. The van der Waals surface area contributed by atoms with Crippen LogP contribution in [0.3, 0.4) is 0 Å². The van der Waals surface area contributed by atoms with E-state index in [2.05, 4.69) is 91.7 Å². The maximum absolute atomic E-state index is 8.96. The molecule has 4 heteroatoms. The Morgan fingerprint density at radius 1 is 0.683 bits per heavy atom. The molecule has 41 heavy (non-hydrogen) atoms. The topological polar surface area (TPSA) is 44.7 Å². The molecule has 2 N–H and O–H groups in total. The molecule has 0 saturated carbocycles. The number of rotatable bonds is 21. The molecule has 0 amide bonds. The highest BCUT2D eigenvalue weighted by Gasteiger charge is 2.14. The zero-order valence-corrected chi connectivity index (χ0v) is 25.9. The first-order valence-corrected chi connectivity index (χ1v) is 16.1. The SMILES string of the molecule is CCCCCc1ccc(C(CCN(CCCC)CCCC)NCc2ccc(-c3ccc(OCCO)cc3)cc2)cc1. The third-order valence-corrected chi connectivity index (χ3v) is 7.90. The maximum atomic E-state index is 8.96. The van der Waals surface area contributed by atoms with E-state index in [0.29, 0.717) is 12.6 Å². The van der Waals surface area contributed by atoms with E-state index in [-0.39, 0.29) is 6.61 Å². The van der Waals surface area contributed by atoms with Crippen LogP contribution in [-0.2, 0) is 13.0 Å². The van der Waals surface area contributed by atoms with Crippen molar-refractivity contribution in [1.82, 2.24) is 10.2 Å². The Morgan fingerprint density at radius 2 is 1.27 bits per heavy atom. The van der Waals surface area contributed by atoms with Gasteiger partial charge in [0, 0.05) is 12.6 Å². The highest BCUT2D eigenvalue weighted by Crippen LogP contribution is 2.24. The lowest BCUT2D eigenvalue weighted by Crippen LogP contribution is -2.31. The van der Waals surface area contributed by atoms with Crippen LogP contribution in [0.5, 0.6) is 5.75 Å². The zero-order chi connectivity index (χ0) is 29.1. The van der Waals surface area contributed by atoms with Crippen LogP contribution in [0.25, 0.3) is 11.1 Å². The third kappa shape index (κ3) is 12.0. The van der Waals surface area contributed by atoms with Gasteiger partial charge in [-0.2, -0.15) is 0 Å². The molecule has 0 aromatic heterocycles. The highest BCUT2D eigenvalue weighted by atomic mass is 16.5. The molecule has 0 spiro atoms. The van der Waals surface area contributed by atoms with Crippen molar-refractivity contribution in [2.24, 2.45) is 0 Å². The number of aryl methyl sites for hydroxylation is 1. The van der Waals surface area contributed by atoms with Gasteiger partial charge in [0.15, 0.2) is 0 Å². The normalized spacial score (nSPS) is 12.1. The van der Waals surface area contributed by atoms with Crippen LogP contribution in [-0.4, -0.2) is 42.9 Å². The Labute approximate surface area is 250 Å². The molecule has 0 fully saturated rings. The van der Waals surface area contributed by atoms with Crippen molar-refractivity contribution in [2.75, 3.05) is 32.8 Å². The minimum atomic E-state index is 0.0262. The van der Waals surface area contributed by atoms with E-state index in [1.54, 1.807) is 0 Å². The van der Waals surface area contributed by atoms with Crippen LogP contribution < -0.4 is 10.1 Å². The second-order valence-electron chi connectivity index (χ2n) is 11.3. The molecule has 1 atom stereocenters. The summed E-state index contributed by atoms with van der Waals surface area (Å²) in [4.78, 5) is 2.68. The number of nitrogens with zero attached hydrogens (tertiary/aromatic N) is 1. The largest absolute Gasteiger partial charge is 0.491 e. The zero-order valence-electron chi connectivity index (χ0n) is 25.9. The third-order valence-electron chi connectivity index (χ3n) is 7.90. The van der Waals surface area contributed by atoms with Gasteiger partial charge >= 0.3 is 0 Å². The van der Waals surface area contributed by atoms with E-state index in [1.165, 1.54) is 86.7 Å². The van der Waals surface area contributed by atoms with E-state index in [0.717, 1.165) is 30.8 Å². The summed E-state index contributed by atoms with van der Waals surface area (Å²) < 4.78 is 5.50. The van der Waals surface area contributed by atoms with Crippen LogP contribution in [0.4, 0.5) is 0 Å². The van der Waals surface area contributed by atoms with Crippen LogP contribution in [0.15, 0.2) is 72.8 Å². The maximum Gasteiger partial charge on any atom is 0.119 e. The molecule has 0 aliphatic heterocycles. The first kappa shape index (κ1) is 32.8. The predicted octanol–water partition coefficient (Wildman–Crippen LogP) is 8.58. The van der Waals surface area contributed by atoms with Crippen LogP contribution >= 0.6 is 0 Å². The van der Waals surface area contributed by atoms with Crippen molar-refractivity contribution in [1.29, 1.82) is 0 Å². The fourth-order valence-electron chi connectivity index (χ4n) is 5.26. The molecule has 0 aliphatic carbocycles. The van der Waals surface area contributed by atoms with Gasteiger partial charge < -0.3 is 20.1 Å². The van der Waals surface area contributed by atoms with E-state index in [9.17, 15) is 0 Å². The lowest BCUT2D eigenvalue weighted by atomic mass is 9.99. The first-order chi connectivity index (χ1) is 20.2. The van der Waals surface area contributed by atoms with Gasteiger partial charge in [-0.1, -0.05) is 107 Å². The molecule has 1 unspecified atom stereocenters. The lowest BCUT2D eigenvalue weighted by molar-refractivity contribution is 0.201. The molecule has 4 nitrogen and oxygen atoms in total. The Kier molecular flexibility index (Phi) is 15.6. The molecule has 3 rings (SSSR count). The molecule has 3 aromatic carbocycles. The molecule has 224 valence electrons. The number of benzene rings is 3. The fraction of sp³-hybridized carbons (Fsp3) is 0.514. The monoisotopic (exact) mass is 558 g/mol. The standard InChI is InChI=1S/C37H54N2O2/c1-4-7-10-11-31-12-18-35(19-13-31)37(24-27-39(25-8-5-2)26-9-6-3)38-30-32-14-16-33(17-15-32)34-20-22-36(23-21-34)41-29-28-40/h12-23,37-38,40H,4-11,24-30H2,1-3H3. The van der Waals surface area contributed by atoms with E-state index in [4.69, 9.17) is 9.84 Å². The summed E-state index contributed by atoms with van der Waals surface area (Å²) in [5, 5.41) is 12.9. The number of hydrogen-bond donors (Lipinski definition) is 2. The Bertz CT molecular complexity index is 1060. The molecular weight excluding hydrogens is 504 g/mol. The van der Waals surface area contributed by atoms with Crippen molar-refractivity contribution in [3.05, 3.63) is 89.5 Å². The Hall–Kier alpha value is -2.66. The van der Waals surface area contributed by atoms with Crippen molar-refractivity contribution < 1.29 is 9.84 Å². The molecule has 0 bridgehead atoms. The quantitative estimate of drug-likeness (QED) is 0.129. The van der Waals surface area contributed by atoms with Crippen molar-refractivity contribution >= 4 is 0 Å². The van der Waals surface area contributed by atoms with Crippen LogP contribution in [0.2, 0.25) is 0 Å². The number of hydrogen-bond acceptors (Lipinski definition) is 4. The van der Waals surface area contributed by atoms with E-state index >= 15 is 0 Å². The smallest absolute Gasteiger partial charge is 0.119 e. The van der Waals surface area contributed by atoms with Gasteiger partial charge in [0.1, 0.15) is 12.4 Å². The summed E-state index contributed by atoms with van der Waals surface area (Å²) in [5.41, 5.74) is 6.51. The second-order valence-corrected chi connectivity index (χ2v) is 11.3. The number of aliphatic hydroxyl groups is 1. The minimum absolute atomic E-state index is 0.0262. The van der Waals surface area contributed by atoms with Gasteiger partial charge in [-0.15, -0.1) is 0 Å². The Morgan fingerprint density at radius 3 is 1.85 bits per heavy atom. The predicted molar refractivity (Wildman–Crippen MR) is 175 cm³/mol. The minimum Gasteiger partial charge on any atom is -0.491 e. The van der Waals surface area contributed by atoms with Crippen LogP contribution in [0, 0.1) is 0 Å². The first-order valence-electron chi connectivity index (χ1n) is 16.1. The van der Waals surface area contributed by atoms with Crippen LogP contribution in [0.1, 0.15) is 94.9 Å². The van der Waals surface area contributed by atoms with Gasteiger partial charge in [-0.05, 0) is 91.7 Å². The molecule has 0 radical (unpaired) electrons. The fourth-order valence-corrected chi connectivity index (χ4v) is 5.26. The summed E-state index contributed by atoms with van der Waals surface area (Å²) in [6.07, 6.45) is 11.2. The average Bonchev–Trinajstić information content (AvgIpc) is 3.02. The second kappa shape index (κ2) is 19.5. The summed E-state index contributed by atoms with van der Waals surface area (Å²) in [6.45, 7) is 11.6. The number of nitrogens with one attached hydrogen (secondary N) is 1.